The van der Waals surface area contributed by atoms with Crippen LogP contribution in [0.5, 0.6) is 0 Å². The maximum atomic E-state index is 13.6. The van der Waals surface area contributed by atoms with Crippen molar-refractivity contribution in [3.05, 3.63) is 146 Å². The van der Waals surface area contributed by atoms with Gasteiger partial charge in [-0.2, -0.15) is 0 Å². The highest BCUT2D eigenvalue weighted by atomic mass is 31.2. The normalized spacial score (nSPS) is 14.5. The number of allylic oxidation sites excluding steroid dienone is 23. The summed E-state index contributed by atoms with van der Waals surface area (Å²) in [5, 5.41) is 3.04. The Morgan fingerprint density at radius 2 is 0.771 bits per heavy atom. The van der Waals surface area contributed by atoms with Crippen LogP contribution in [0.2, 0.25) is 0 Å². The number of carbonyl (C=O) groups is 2. The molecule has 0 radical (unpaired) electrons. The van der Waals surface area contributed by atoms with Gasteiger partial charge in [0.2, 0.25) is 5.91 Å². The number of quaternary nitrogens is 1. The third kappa shape index (κ3) is 62.2. The number of unbranched alkanes of at least 4 members (excludes halogenated alkanes) is 20. The van der Waals surface area contributed by atoms with Crippen molar-refractivity contribution in [2.75, 3.05) is 40.9 Å². The SMILES string of the molecule is CC/C=C\C/C=C\C/C=C\C/C=C\C/C=C\C/C=C\CCCCCCCCCCC(=O)NC(COP(=O)(O)OCC[N+](C)(C)C)C(/C=C\CCCCCCCCCCC)OC(=O)CCCCC/C=C\C/C=C\C/C=C\C/C=C\C/C=C\CC. The largest absolute Gasteiger partial charge is 0.472 e. The number of hydrogen-bond donors (Lipinski definition) is 2. The van der Waals surface area contributed by atoms with Gasteiger partial charge >= 0.3 is 13.8 Å². The molecular formula is C73H124N2O7P+. The molecule has 0 bridgehead atoms. The summed E-state index contributed by atoms with van der Waals surface area (Å²) < 4.78 is 30.7. The van der Waals surface area contributed by atoms with Gasteiger partial charge in [-0.3, -0.25) is 18.6 Å². The van der Waals surface area contributed by atoms with Crippen molar-refractivity contribution in [1.82, 2.24) is 5.32 Å². The maximum absolute atomic E-state index is 13.6. The first-order valence-corrected chi connectivity index (χ1v) is 34.7. The van der Waals surface area contributed by atoms with E-state index < -0.39 is 20.0 Å². The molecule has 0 saturated heterocycles. The van der Waals surface area contributed by atoms with E-state index in [0.717, 1.165) is 141 Å². The minimum atomic E-state index is -4.47. The Balaban J connectivity index is 5.18. The molecule has 3 atom stereocenters. The van der Waals surface area contributed by atoms with Gasteiger partial charge < -0.3 is 19.4 Å². The highest BCUT2D eigenvalue weighted by molar-refractivity contribution is 7.47. The van der Waals surface area contributed by atoms with E-state index in [-0.39, 0.29) is 31.5 Å². The zero-order valence-corrected chi connectivity index (χ0v) is 54.8. The van der Waals surface area contributed by atoms with Gasteiger partial charge in [0.15, 0.2) is 0 Å². The predicted octanol–water partition coefficient (Wildman–Crippen LogP) is 21.0. The van der Waals surface area contributed by atoms with Gasteiger partial charge in [-0.1, -0.05) is 257 Å². The second kappa shape index (κ2) is 61.0. The summed E-state index contributed by atoms with van der Waals surface area (Å²) >= 11 is 0. The molecule has 0 heterocycles. The number of hydrogen-bond acceptors (Lipinski definition) is 6. The van der Waals surface area contributed by atoms with Gasteiger partial charge in [-0.25, -0.2) is 4.57 Å². The maximum Gasteiger partial charge on any atom is 0.472 e. The summed E-state index contributed by atoms with van der Waals surface area (Å²) in [6.07, 6.45) is 88.5. The van der Waals surface area contributed by atoms with Crippen LogP contribution in [0.3, 0.4) is 0 Å². The monoisotopic (exact) mass is 1170 g/mol. The van der Waals surface area contributed by atoms with E-state index in [0.29, 0.717) is 23.9 Å². The van der Waals surface area contributed by atoms with Crippen LogP contribution >= 0.6 is 7.82 Å². The second-order valence-corrected chi connectivity index (χ2v) is 24.3. The molecule has 0 spiro atoms. The first kappa shape index (κ1) is 78.9. The molecule has 9 nitrogen and oxygen atoms in total. The zero-order valence-electron chi connectivity index (χ0n) is 53.9. The van der Waals surface area contributed by atoms with E-state index in [9.17, 15) is 19.0 Å². The topological polar surface area (TPSA) is 111 Å². The minimum absolute atomic E-state index is 0.0246. The van der Waals surface area contributed by atoms with Crippen LogP contribution in [0.4, 0.5) is 0 Å². The lowest BCUT2D eigenvalue weighted by Gasteiger charge is -2.27. The van der Waals surface area contributed by atoms with Crippen molar-refractivity contribution in [2.45, 2.75) is 264 Å². The van der Waals surface area contributed by atoms with Crippen LogP contribution in [-0.4, -0.2) is 74.3 Å². The molecule has 0 aromatic carbocycles. The fraction of sp³-hybridized carbons (Fsp3) is 0.644. The molecule has 0 aliphatic heterocycles. The van der Waals surface area contributed by atoms with Crippen molar-refractivity contribution in [3.63, 3.8) is 0 Å². The smallest absolute Gasteiger partial charge is 0.456 e. The van der Waals surface area contributed by atoms with Crippen molar-refractivity contribution in [1.29, 1.82) is 0 Å². The van der Waals surface area contributed by atoms with Crippen LogP contribution in [0.25, 0.3) is 0 Å². The molecule has 472 valence electrons. The van der Waals surface area contributed by atoms with Crippen LogP contribution in [0, 0.1) is 0 Å². The molecule has 0 aliphatic carbocycles. The Morgan fingerprint density at radius 3 is 1.17 bits per heavy atom. The van der Waals surface area contributed by atoms with Gasteiger partial charge in [0, 0.05) is 12.8 Å². The average Bonchev–Trinajstić information content (AvgIpc) is 3.51. The number of esters is 1. The number of likely N-dealkylation sites (N-methyl/N-ethyl adjacent to an activating group) is 1. The van der Waals surface area contributed by atoms with E-state index in [1.807, 2.05) is 33.3 Å². The summed E-state index contributed by atoms with van der Waals surface area (Å²) in [5.41, 5.74) is 0. The van der Waals surface area contributed by atoms with Crippen LogP contribution in [0.15, 0.2) is 146 Å². The molecule has 0 fully saturated rings. The van der Waals surface area contributed by atoms with Crippen molar-refractivity contribution < 1.29 is 37.3 Å². The van der Waals surface area contributed by atoms with Gasteiger partial charge in [0.1, 0.15) is 19.3 Å². The Kier molecular flexibility index (Phi) is 58.0. The molecule has 0 aromatic rings. The predicted molar refractivity (Wildman–Crippen MR) is 359 cm³/mol. The molecule has 0 saturated carbocycles. The van der Waals surface area contributed by atoms with E-state index in [1.54, 1.807) is 0 Å². The van der Waals surface area contributed by atoms with E-state index >= 15 is 0 Å². The number of nitrogens with zero attached hydrogens (tertiary/aromatic N) is 1. The fourth-order valence-corrected chi connectivity index (χ4v) is 9.47. The summed E-state index contributed by atoms with van der Waals surface area (Å²) in [6, 6.07) is -0.878. The lowest BCUT2D eigenvalue weighted by atomic mass is 10.0. The first-order chi connectivity index (χ1) is 40.4. The van der Waals surface area contributed by atoms with Crippen molar-refractivity contribution in [2.24, 2.45) is 0 Å². The minimum Gasteiger partial charge on any atom is -0.456 e. The number of nitrogens with one attached hydrogen (secondary N) is 1. The molecule has 3 unspecified atom stereocenters. The Hall–Kier alpha value is -4.11. The summed E-state index contributed by atoms with van der Waals surface area (Å²) in [4.78, 5) is 37.8. The highest BCUT2D eigenvalue weighted by Gasteiger charge is 2.30. The molecule has 0 aromatic heterocycles. The highest BCUT2D eigenvalue weighted by Crippen LogP contribution is 2.43. The van der Waals surface area contributed by atoms with Crippen LogP contribution < -0.4 is 5.32 Å². The quantitative estimate of drug-likeness (QED) is 0.0205. The molecular weight excluding hydrogens is 1050 g/mol. The molecule has 1 amide bonds. The average molecular weight is 1170 g/mol. The number of amides is 1. The molecule has 0 aliphatic rings. The lowest BCUT2D eigenvalue weighted by molar-refractivity contribution is -0.870. The molecule has 2 N–H and O–H groups in total. The van der Waals surface area contributed by atoms with Crippen LogP contribution in [0.1, 0.15) is 252 Å². The third-order valence-corrected chi connectivity index (χ3v) is 14.8. The first-order valence-electron chi connectivity index (χ1n) is 33.2. The zero-order chi connectivity index (χ0) is 60.7. The van der Waals surface area contributed by atoms with Gasteiger partial charge in [0.05, 0.1) is 33.8 Å². The number of ether oxygens (including phenoxy) is 1. The fourth-order valence-electron chi connectivity index (χ4n) is 8.73. The lowest BCUT2D eigenvalue weighted by Crippen LogP contribution is -2.47. The Morgan fingerprint density at radius 1 is 0.434 bits per heavy atom. The molecule has 83 heavy (non-hydrogen) atoms. The Bertz CT molecular complexity index is 1930. The van der Waals surface area contributed by atoms with Gasteiger partial charge in [0.25, 0.3) is 0 Å². The van der Waals surface area contributed by atoms with Gasteiger partial charge in [-0.05, 0) is 128 Å². The summed E-state index contributed by atoms with van der Waals surface area (Å²) in [5.74, 6) is -0.563. The van der Waals surface area contributed by atoms with Crippen molar-refractivity contribution >= 4 is 19.7 Å². The van der Waals surface area contributed by atoms with Crippen LogP contribution in [-0.2, 0) is 27.9 Å². The van der Waals surface area contributed by atoms with E-state index in [4.69, 9.17) is 13.8 Å². The number of carbonyl (C=O) groups excluding carboxylic acids is 2. The number of phosphoric acid groups is 1. The van der Waals surface area contributed by atoms with E-state index in [1.165, 1.54) is 70.6 Å². The number of phosphoric ester groups is 1. The Labute approximate surface area is 510 Å². The summed E-state index contributed by atoms with van der Waals surface area (Å²) in [7, 11) is 1.45. The standard InChI is InChI=1S/C73H123N2O7P/c1-7-10-13-16-19-22-25-27-29-31-33-34-35-36-37-38-39-40-42-43-45-47-50-53-56-59-62-65-72(76)74-70(69-81-83(78,79)80-68-67-75(4,5)6)71(64-61-58-55-52-49-24-21-18-15-12-9-3)82-73(77)66-63-60-57-54-51-48-46-44-41-32-30-28-26-23-20-17-14-11-8-2/h10-11,13-14,19-20,22-23,27-30,33-34,36-37,39-41,44,48,51,61,64,70-71H,7-9,12,15-18,21,24-26,31-32,35,38,42-43,45-47,49-50,52-60,62-63,65-69H2,1-6H3,(H-,74,76,78,79)/p+1/b13-10-,14-11-,22-19-,23-20-,29-27-,30-28-,34-33-,37-36-,40-39-,44-41-,51-48-,64-61-. The molecule has 10 heteroatoms. The summed E-state index contributed by atoms with van der Waals surface area (Å²) in [6.45, 7) is 6.73. The van der Waals surface area contributed by atoms with E-state index in [2.05, 4.69) is 160 Å². The number of rotatable bonds is 58. The molecule has 0 rings (SSSR count). The van der Waals surface area contributed by atoms with Gasteiger partial charge in [-0.15, -0.1) is 0 Å². The third-order valence-electron chi connectivity index (χ3n) is 13.8. The second-order valence-electron chi connectivity index (χ2n) is 22.9. The van der Waals surface area contributed by atoms with Crippen molar-refractivity contribution in [3.8, 4) is 0 Å².